The van der Waals surface area contributed by atoms with Gasteiger partial charge in [0.25, 0.3) is 15.9 Å². The number of amides is 2. The fourth-order valence-electron chi connectivity index (χ4n) is 2.96. The molecule has 36 heavy (non-hydrogen) atoms. The highest BCUT2D eigenvalue weighted by Gasteiger charge is 2.18. The standard InChI is InChI=1S/C24H24Cl2N4O5S/c1-27-12-13-28-23(31)15-29-24(32)16-6-9-18(10-7-16)36(33,34)30-20-4-2-3-5-22(20)35-21-11-8-17(25)14-19(21)26/h2-11,14,27,30H,12-13,15H2,1H3,(H,28,31)(H,29,32). The largest absolute Gasteiger partial charge is 0.454 e. The zero-order chi connectivity index (χ0) is 26.1. The second kappa shape index (κ2) is 12.6. The molecule has 0 radical (unpaired) electrons. The van der Waals surface area contributed by atoms with Gasteiger partial charge in [0.05, 0.1) is 22.2 Å². The highest BCUT2D eigenvalue weighted by Crippen LogP contribution is 2.35. The molecule has 0 spiro atoms. The predicted molar refractivity (Wildman–Crippen MR) is 139 cm³/mol. The zero-order valence-corrected chi connectivity index (χ0v) is 21.5. The third-order valence-electron chi connectivity index (χ3n) is 4.78. The van der Waals surface area contributed by atoms with E-state index in [-0.39, 0.29) is 39.4 Å². The number of carbonyl (C=O) groups excluding carboxylic acids is 2. The number of ether oxygens (including phenoxy) is 1. The van der Waals surface area contributed by atoms with E-state index in [0.717, 1.165) is 0 Å². The smallest absolute Gasteiger partial charge is 0.262 e. The molecule has 3 aromatic rings. The number of halogens is 2. The number of hydrogen-bond acceptors (Lipinski definition) is 6. The SMILES string of the molecule is CNCCNC(=O)CNC(=O)c1ccc(S(=O)(=O)Nc2ccccc2Oc2ccc(Cl)cc2Cl)cc1. The first kappa shape index (κ1) is 27.3. The Morgan fingerprint density at radius 3 is 2.31 bits per heavy atom. The summed E-state index contributed by atoms with van der Waals surface area (Å²) in [4.78, 5) is 24.0. The van der Waals surface area contributed by atoms with Gasteiger partial charge in [-0.1, -0.05) is 35.3 Å². The lowest BCUT2D eigenvalue weighted by Crippen LogP contribution is -2.39. The highest BCUT2D eigenvalue weighted by atomic mass is 35.5. The number of hydrogen-bond donors (Lipinski definition) is 4. The van der Waals surface area contributed by atoms with E-state index in [2.05, 4.69) is 20.7 Å². The van der Waals surface area contributed by atoms with Crippen molar-refractivity contribution in [3.63, 3.8) is 0 Å². The molecule has 0 fully saturated rings. The van der Waals surface area contributed by atoms with E-state index in [0.29, 0.717) is 23.9 Å². The van der Waals surface area contributed by atoms with Crippen LogP contribution in [0, 0.1) is 0 Å². The van der Waals surface area contributed by atoms with Crippen molar-refractivity contribution in [2.75, 3.05) is 31.4 Å². The number of likely N-dealkylation sites (N-methyl/N-ethyl adjacent to an activating group) is 1. The topological polar surface area (TPSA) is 126 Å². The lowest BCUT2D eigenvalue weighted by atomic mass is 10.2. The summed E-state index contributed by atoms with van der Waals surface area (Å²) in [6, 6.07) is 16.5. The Bertz CT molecular complexity index is 1330. The van der Waals surface area contributed by atoms with Gasteiger partial charge in [-0.25, -0.2) is 8.42 Å². The Balaban J connectivity index is 1.67. The quantitative estimate of drug-likeness (QED) is 0.270. The van der Waals surface area contributed by atoms with Gasteiger partial charge in [-0.15, -0.1) is 0 Å². The summed E-state index contributed by atoms with van der Waals surface area (Å²) in [7, 11) is -2.25. The van der Waals surface area contributed by atoms with E-state index in [9.17, 15) is 18.0 Å². The maximum absolute atomic E-state index is 13.0. The third kappa shape index (κ3) is 7.59. The molecule has 9 nitrogen and oxygen atoms in total. The van der Waals surface area contributed by atoms with Crippen LogP contribution in [0.5, 0.6) is 11.5 Å². The molecular weight excluding hydrogens is 527 g/mol. The van der Waals surface area contributed by atoms with E-state index in [1.54, 1.807) is 43.4 Å². The molecule has 0 aliphatic carbocycles. The van der Waals surface area contributed by atoms with Crippen LogP contribution in [0.25, 0.3) is 0 Å². The molecular formula is C24H24Cl2N4O5S. The first-order valence-electron chi connectivity index (χ1n) is 10.7. The van der Waals surface area contributed by atoms with Crippen LogP contribution in [-0.4, -0.2) is 46.9 Å². The molecule has 0 heterocycles. The molecule has 0 aliphatic rings. The number of benzene rings is 3. The van der Waals surface area contributed by atoms with Crippen LogP contribution in [0.3, 0.4) is 0 Å². The van der Waals surface area contributed by atoms with Gasteiger partial charge in [0, 0.05) is 23.7 Å². The molecule has 0 saturated carbocycles. The number of sulfonamides is 1. The van der Waals surface area contributed by atoms with Crippen molar-refractivity contribution in [2.45, 2.75) is 4.90 Å². The maximum Gasteiger partial charge on any atom is 0.262 e. The lowest BCUT2D eigenvalue weighted by Gasteiger charge is -2.14. The first-order chi connectivity index (χ1) is 17.2. The van der Waals surface area contributed by atoms with E-state index in [4.69, 9.17) is 27.9 Å². The van der Waals surface area contributed by atoms with Crippen molar-refractivity contribution >= 4 is 50.7 Å². The minimum absolute atomic E-state index is 0.0665. The van der Waals surface area contributed by atoms with Gasteiger partial charge >= 0.3 is 0 Å². The fraction of sp³-hybridized carbons (Fsp3) is 0.167. The molecule has 2 amide bonds. The minimum atomic E-state index is -4.01. The van der Waals surface area contributed by atoms with Gasteiger partial charge in [-0.3, -0.25) is 14.3 Å². The van der Waals surface area contributed by atoms with Crippen LogP contribution >= 0.6 is 23.2 Å². The summed E-state index contributed by atoms with van der Waals surface area (Å²) in [5.41, 5.74) is 0.396. The van der Waals surface area contributed by atoms with Gasteiger partial charge in [-0.2, -0.15) is 0 Å². The Morgan fingerprint density at radius 2 is 1.61 bits per heavy atom. The summed E-state index contributed by atoms with van der Waals surface area (Å²) in [5.74, 6) is -0.301. The van der Waals surface area contributed by atoms with Crippen LogP contribution in [0.4, 0.5) is 5.69 Å². The van der Waals surface area contributed by atoms with Gasteiger partial charge in [0.1, 0.15) is 5.75 Å². The van der Waals surface area contributed by atoms with Gasteiger partial charge < -0.3 is 20.7 Å². The van der Waals surface area contributed by atoms with E-state index in [1.807, 2.05) is 0 Å². The monoisotopic (exact) mass is 550 g/mol. The molecule has 0 unspecified atom stereocenters. The highest BCUT2D eigenvalue weighted by molar-refractivity contribution is 7.92. The second-order valence-corrected chi connectivity index (χ2v) is 9.97. The molecule has 0 aromatic heterocycles. The average molecular weight is 551 g/mol. The number of carbonyl (C=O) groups is 2. The van der Waals surface area contributed by atoms with Crippen molar-refractivity contribution in [2.24, 2.45) is 0 Å². The number of anilines is 1. The molecule has 3 aromatic carbocycles. The Kier molecular flexibility index (Phi) is 9.54. The molecule has 12 heteroatoms. The minimum Gasteiger partial charge on any atom is -0.454 e. The Labute approximate surface area is 219 Å². The van der Waals surface area contributed by atoms with Crippen molar-refractivity contribution in [3.8, 4) is 11.5 Å². The number of nitrogens with one attached hydrogen (secondary N) is 4. The molecule has 0 bridgehead atoms. The summed E-state index contributed by atoms with van der Waals surface area (Å²) >= 11 is 12.1. The summed E-state index contributed by atoms with van der Waals surface area (Å²) in [5, 5.41) is 8.73. The van der Waals surface area contributed by atoms with Crippen molar-refractivity contribution in [1.82, 2.24) is 16.0 Å². The van der Waals surface area contributed by atoms with E-state index < -0.39 is 15.9 Å². The van der Waals surface area contributed by atoms with Crippen LogP contribution in [0.1, 0.15) is 10.4 Å². The zero-order valence-electron chi connectivity index (χ0n) is 19.2. The molecule has 4 N–H and O–H groups in total. The van der Waals surface area contributed by atoms with Crippen LogP contribution in [0.2, 0.25) is 10.0 Å². The van der Waals surface area contributed by atoms with Gasteiger partial charge in [-0.05, 0) is 61.6 Å². The maximum atomic E-state index is 13.0. The van der Waals surface area contributed by atoms with Crippen LogP contribution in [-0.2, 0) is 14.8 Å². The first-order valence-corrected chi connectivity index (χ1v) is 13.0. The lowest BCUT2D eigenvalue weighted by molar-refractivity contribution is -0.120. The van der Waals surface area contributed by atoms with Crippen molar-refractivity contribution < 1.29 is 22.7 Å². The van der Waals surface area contributed by atoms with Crippen LogP contribution < -0.4 is 25.4 Å². The summed E-state index contributed by atoms with van der Waals surface area (Å²) in [6.07, 6.45) is 0. The molecule has 0 atom stereocenters. The molecule has 0 saturated heterocycles. The summed E-state index contributed by atoms with van der Waals surface area (Å²) in [6.45, 7) is 0.847. The predicted octanol–water partition coefficient (Wildman–Crippen LogP) is 3.65. The molecule has 190 valence electrons. The van der Waals surface area contributed by atoms with E-state index >= 15 is 0 Å². The average Bonchev–Trinajstić information content (AvgIpc) is 2.85. The second-order valence-electron chi connectivity index (χ2n) is 7.44. The normalized spacial score (nSPS) is 11.0. The van der Waals surface area contributed by atoms with Crippen LogP contribution in [0.15, 0.2) is 71.6 Å². The number of rotatable bonds is 11. The van der Waals surface area contributed by atoms with Crippen molar-refractivity contribution in [3.05, 3.63) is 82.3 Å². The Morgan fingerprint density at radius 1 is 0.889 bits per heavy atom. The van der Waals surface area contributed by atoms with Gasteiger partial charge in [0.2, 0.25) is 5.91 Å². The van der Waals surface area contributed by atoms with E-state index in [1.165, 1.54) is 30.3 Å². The molecule has 0 aliphatic heterocycles. The molecule has 3 rings (SSSR count). The fourth-order valence-corrected chi connectivity index (χ4v) is 4.48. The van der Waals surface area contributed by atoms with Crippen molar-refractivity contribution in [1.29, 1.82) is 0 Å². The third-order valence-corrected chi connectivity index (χ3v) is 6.69. The van der Waals surface area contributed by atoms with Gasteiger partial charge in [0.15, 0.2) is 5.75 Å². The Hall–Kier alpha value is -3.31. The summed E-state index contributed by atoms with van der Waals surface area (Å²) < 4.78 is 34.2. The number of para-hydroxylation sites is 2.